The first-order chi connectivity index (χ1) is 33.3. The first-order valence-electron chi connectivity index (χ1n) is 24.1. The number of aromatic nitrogens is 4. The lowest BCUT2D eigenvalue weighted by atomic mass is 9.89. The SMILES string of the molecule is CCc1cc(Nc2ncc(Br)c(Nc3ccc4cncnc4c3P(C)(C)=O)n2)c(OC)cc1N1CCC(N2CCN(CCC3CCN(c4cc(F)c(C5CCC(=O)NC5=O)c(F)c4)CC3)CC2)CC1. The Hall–Kier alpha value is -5.29. The number of hydrogen-bond donors (Lipinski definition) is 3. The molecule has 4 fully saturated rings. The normalized spacial score (nSPS) is 19.3. The zero-order valence-electron chi connectivity index (χ0n) is 39.7. The van der Waals surface area contributed by atoms with Gasteiger partial charge in [-0.05, 0) is 123 Å². The van der Waals surface area contributed by atoms with Gasteiger partial charge in [-0.25, -0.2) is 23.7 Å². The Morgan fingerprint density at radius 2 is 1.59 bits per heavy atom. The van der Waals surface area contributed by atoms with E-state index in [-0.39, 0.29) is 18.4 Å². The Balaban J connectivity index is 0.750. The molecule has 3 N–H and O–H groups in total. The summed E-state index contributed by atoms with van der Waals surface area (Å²) in [5, 5.41) is 10.4. The Labute approximate surface area is 410 Å². The van der Waals surface area contributed by atoms with Crippen LogP contribution in [0.2, 0.25) is 0 Å². The fraction of sp³-hybridized carbons (Fsp3) is 0.480. The number of hydrogen-bond acceptors (Lipinski definition) is 14. The number of piperazine rings is 1. The number of benzene rings is 3. The van der Waals surface area contributed by atoms with Crippen LogP contribution in [0.3, 0.4) is 0 Å². The van der Waals surface area contributed by atoms with E-state index in [1.807, 2.05) is 17.0 Å². The van der Waals surface area contributed by atoms with E-state index in [1.54, 1.807) is 32.8 Å². The van der Waals surface area contributed by atoms with Gasteiger partial charge in [0.1, 0.15) is 36.7 Å². The van der Waals surface area contributed by atoms with Crippen molar-refractivity contribution in [3.8, 4) is 5.75 Å². The number of aryl methyl sites for hydroxylation is 1. The lowest BCUT2D eigenvalue weighted by Crippen LogP contribution is -2.53. The Kier molecular flexibility index (Phi) is 14.8. The van der Waals surface area contributed by atoms with Crippen LogP contribution in [0.4, 0.5) is 43.3 Å². The Bertz CT molecular complexity index is 2730. The van der Waals surface area contributed by atoms with Gasteiger partial charge in [-0.2, -0.15) is 4.98 Å². The molecule has 4 aliphatic heterocycles. The van der Waals surface area contributed by atoms with Crippen LogP contribution >= 0.6 is 23.1 Å². The van der Waals surface area contributed by atoms with Crippen LogP contribution < -0.4 is 35.8 Å². The average Bonchev–Trinajstić information content (AvgIpc) is 3.34. The quantitative estimate of drug-likeness (QED) is 0.0722. The summed E-state index contributed by atoms with van der Waals surface area (Å²) in [6, 6.07) is 11.3. The molecule has 0 bridgehead atoms. The van der Waals surface area contributed by atoms with Gasteiger partial charge in [-0.3, -0.25) is 19.8 Å². The largest absolute Gasteiger partial charge is 0.494 e. The van der Waals surface area contributed by atoms with E-state index in [0.29, 0.717) is 56.1 Å². The third-order valence-corrected chi connectivity index (χ3v) is 16.5. The number of carbonyl (C=O) groups excluding carboxylic acids is 2. The summed E-state index contributed by atoms with van der Waals surface area (Å²) in [7, 11) is -1.09. The molecule has 1 atom stereocenters. The molecule has 5 aromatic rings. The molecular weight excluding hydrogens is 967 g/mol. The number of nitrogens with one attached hydrogen (secondary N) is 3. The number of carbonyl (C=O) groups is 2. The maximum absolute atomic E-state index is 15.2. The van der Waals surface area contributed by atoms with Crippen molar-refractivity contribution in [3.05, 3.63) is 82.4 Å². The summed E-state index contributed by atoms with van der Waals surface area (Å²) < 4.78 is 50.6. The fourth-order valence-electron chi connectivity index (χ4n) is 10.6. The van der Waals surface area contributed by atoms with Crippen LogP contribution in [0.15, 0.2) is 59.6 Å². The molecular formula is C50H61BrF2N11O4P. The van der Waals surface area contributed by atoms with Crippen molar-refractivity contribution in [1.29, 1.82) is 0 Å². The molecule has 4 aliphatic rings. The highest BCUT2D eigenvalue weighted by Crippen LogP contribution is 2.42. The molecule has 366 valence electrons. The highest BCUT2D eigenvalue weighted by Gasteiger charge is 2.34. The molecule has 2 amide bonds. The molecule has 15 nitrogen and oxygen atoms in total. The van der Waals surface area contributed by atoms with E-state index < -0.39 is 36.5 Å². The third-order valence-electron chi connectivity index (χ3n) is 14.4. The van der Waals surface area contributed by atoms with Crippen LogP contribution in [0.5, 0.6) is 5.75 Å². The molecule has 0 saturated carbocycles. The molecule has 1 unspecified atom stereocenters. The number of amides is 2. The van der Waals surface area contributed by atoms with E-state index in [9.17, 15) is 14.2 Å². The van der Waals surface area contributed by atoms with E-state index in [4.69, 9.17) is 9.72 Å². The van der Waals surface area contributed by atoms with Gasteiger partial charge >= 0.3 is 0 Å². The summed E-state index contributed by atoms with van der Waals surface area (Å²) in [4.78, 5) is 51.7. The minimum atomic E-state index is -2.77. The van der Waals surface area contributed by atoms with E-state index in [0.717, 1.165) is 109 Å². The van der Waals surface area contributed by atoms with Crippen LogP contribution in [-0.2, 0) is 20.6 Å². The number of methoxy groups -OCH3 is 1. The van der Waals surface area contributed by atoms with Crippen molar-refractivity contribution < 1.29 is 27.7 Å². The average molecular weight is 1030 g/mol. The van der Waals surface area contributed by atoms with Gasteiger partial charge in [-0.1, -0.05) is 6.92 Å². The van der Waals surface area contributed by atoms with Crippen molar-refractivity contribution in [2.24, 2.45) is 5.92 Å². The third kappa shape index (κ3) is 10.9. The number of rotatable bonds is 14. The molecule has 19 heteroatoms. The summed E-state index contributed by atoms with van der Waals surface area (Å²) in [5.41, 5.74) is 4.72. The summed E-state index contributed by atoms with van der Waals surface area (Å²) in [6.07, 6.45) is 11.1. The van der Waals surface area contributed by atoms with Gasteiger partial charge in [0, 0.05) is 106 Å². The maximum atomic E-state index is 15.2. The first-order valence-corrected chi connectivity index (χ1v) is 27.5. The summed E-state index contributed by atoms with van der Waals surface area (Å²) in [5.74, 6) is -1.35. The molecule has 69 heavy (non-hydrogen) atoms. The molecule has 3 aromatic carbocycles. The lowest BCUT2D eigenvalue weighted by molar-refractivity contribution is -0.134. The maximum Gasteiger partial charge on any atom is 0.234 e. The van der Waals surface area contributed by atoms with Gasteiger partial charge in [0.2, 0.25) is 17.8 Å². The van der Waals surface area contributed by atoms with Crippen LogP contribution in [0.25, 0.3) is 10.9 Å². The van der Waals surface area contributed by atoms with E-state index in [2.05, 4.69) is 80.6 Å². The zero-order valence-corrected chi connectivity index (χ0v) is 42.2. The number of halogens is 3. The Morgan fingerprint density at radius 1 is 0.870 bits per heavy atom. The van der Waals surface area contributed by atoms with Crippen LogP contribution in [-0.4, -0.2) is 127 Å². The highest BCUT2D eigenvalue weighted by atomic mass is 79.9. The zero-order chi connectivity index (χ0) is 48.4. The second-order valence-corrected chi connectivity index (χ2v) is 23.1. The van der Waals surface area contributed by atoms with E-state index in [1.165, 1.54) is 29.7 Å². The van der Waals surface area contributed by atoms with Gasteiger partial charge in [0.25, 0.3) is 0 Å². The minimum absolute atomic E-state index is 0.0703. The lowest BCUT2D eigenvalue weighted by Gasteiger charge is -2.44. The Morgan fingerprint density at radius 3 is 2.28 bits per heavy atom. The molecule has 4 saturated heterocycles. The molecule has 0 spiro atoms. The molecule has 2 aromatic heterocycles. The minimum Gasteiger partial charge on any atom is -0.494 e. The number of piperidine rings is 3. The molecule has 0 aliphatic carbocycles. The van der Waals surface area contributed by atoms with Crippen molar-refractivity contribution >= 4 is 85.6 Å². The second kappa shape index (κ2) is 21.0. The molecule has 9 rings (SSSR count). The van der Waals surface area contributed by atoms with Crippen molar-refractivity contribution in [1.82, 2.24) is 35.1 Å². The smallest absolute Gasteiger partial charge is 0.234 e. The second-order valence-electron chi connectivity index (χ2n) is 19.1. The number of imide groups is 1. The van der Waals surface area contributed by atoms with Crippen molar-refractivity contribution in [3.63, 3.8) is 0 Å². The molecule has 0 radical (unpaired) electrons. The molecule has 6 heterocycles. The number of nitrogens with zero attached hydrogens (tertiary/aromatic N) is 8. The first kappa shape index (κ1) is 48.7. The van der Waals surface area contributed by atoms with Crippen LogP contribution in [0, 0.1) is 17.6 Å². The highest BCUT2D eigenvalue weighted by molar-refractivity contribution is 9.10. The summed E-state index contributed by atoms with van der Waals surface area (Å²) in [6.45, 7) is 14.3. The number of fused-ring (bicyclic) bond motifs is 1. The van der Waals surface area contributed by atoms with Crippen molar-refractivity contribution in [2.75, 3.05) is 99.8 Å². The van der Waals surface area contributed by atoms with Crippen molar-refractivity contribution in [2.45, 2.75) is 70.3 Å². The number of ether oxygens (including phenoxy) is 1. The monoisotopic (exact) mass is 1030 g/mol. The van der Waals surface area contributed by atoms with Crippen LogP contribution in [0.1, 0.15) is 68.9 Å². The van der Waals surface area contributed by atoms with Gasteiger partial charge in [0.15, 0.2) is 0 Å². The topological polar surface area (TPSA) is 161 Å². The van der Waals surface area contributed by atoms with Gasteiger partial charge in [-0.15, -0.1) is 0 Å². The fourth-order valence-corrected chi connectivity index (χ4v) is 12.3. The standard InChI is InChI=1S/C50H61BrF2N11O4P/c1-5-32-24-41(58-50-55-29-37(51)48(60-50)57-40-8-6-33-28-54-30-56-46(33)47(40)69(3,4)67)43(68-2)27-42(32)64-18-13-34(14-19-64)63-22-20-61(21-23-63)15-10-31-11-16-62(17-12-31)35-25-38(52)45(39(53)26-35)36-7-9-44(65)59-49(36)66/h6,8,24-31,34,36H,5,7,9-23H2,1-4H3,(H,59,65,66)(H2,55,57,58,60). The van der Waals surface area contributed by atoms with E-state index >= 15 is 8.78 Å². The summed E-state index contributed by atoms with van der Waals surface area (Å²) >= 11 is 3.60. The van der Waals surface area contributed by atoms with Gasteiger partial charge < -0.3 is 34.6 Å². The van der Waals surface area contributed by atoms with Gasteiger partial charge in [0.05, 0.1) is 39.7 Å². The predicted molar refractivity (Wildman–Crippen MR) is 272 cm³/mol. The predicted octanol–water partition coefficient (Wildman–Crippen LogP) is 8.18. The number of anilines is 6.